The molecule has 19 heavy (non-hydrogen) atoms. The molecule has 2 aromatic rings. The van der Waals surface area contributed by atoms with Crippen LogP contribution in [0.15, 0.2) is 29.6 Å². The Bertz CT molecular complexity index is 566. The van der Waals surface area contributed by atoms with Crippen LogP contribution < -0.4 is 5.32 Å². The molecule has 0 radical (unpaired) electrons. The van der Waals surface area contributed by atoms with Gasteiger partial charge in [0.25, 0.3) is 0 Å². The van der Waals surface area contributed by atoms with Crippen LogP contribution in [0.25, 0.3) is 0 Å². The molecule has 5 heteroatoms. The van der Waals surface area contributed by atoms with Crippen molar-refractivity contribution in [2.75, 3.05) is 11.9 Å². The van der Waals surface area contributed by atoms with Gasteiger partial charge in [0.05, 0.1) is 11.3 Å². The summed E-state index contributed by atoms with van der Waals surface area (Å²) in [6, 6.07) is 7.09. The monoisotopic (exact) mass is 276 g/mol. The first-order valence-corrected chi connectivity index (χ1v) is 7.08. The minimum absolute atomic E-state index is 0.373. The van der Waals surface area contributed by atoms with Gasteiger partial charge in [0.2, 0.25) is 0 Å². The summed E-state index contributed by atoms with van der Waals surface area (Å²) >= 11 is 1.58. The van der Waals surface area contributed by atoms with Crippen molar-refractivity contribution < 1.29 is 9.90 Å². The van der Waals surface area contributed by atoms with Crippen LogP contribution in [-0.2, 0) is 12.8 Å². The summed E-state index contributed by atoms with van der Waals surface area (Å²) in [6.07, 6.45) is 1.60. The summed E-state index contributed by atoms with van der Waals surface area (Å²) in [7, 11) is 0. The van der Waals surface area contributed by atoms with E-state index in [4.69, 9.17) is 5.11 Å². The maximum atomic E-state index is 11.1. The Morgan fingerprint density at radius 1 is 1.42 bits per heavy atom. The van der Waals surface area contributed by atoms with E-state index in [-0.39, 0.29) is 0 Å². The third kappa shape index (κ3) is 3.54. The van der Waals surface area contributed by atoms with Crippen molar-refractivity contribution in [3.05, 3.63) is 46.5 Å². The Balaban J connectivity index is 1.94. The fraction of sp³-hybridized carbons (Fsp3) is 0.286. The molecule has 0 saturated heterocycles. The van der Waals surface area contributed by atoms with Crippen molar-refractivity contribution in [2.45, 2.75) is 19.8 Å². The molecule has 0 bridgehead atoms. The number of carbonyl (C=O) groups is 1. The first kappa shape index (κ1) is 13.5. The number of aryl methyl sites for hydroxylation is 1. The van der Waals surface area contributed by atoms with Crippen LogP contribution in [0.3, 0.4) is 0 Å². The zero-order valence-electron chi connectivity index (χ0n) is 10.7. The van der Waals surface area contributed by atoms with Gasteiger partial charge in [-0.2, -0.15) is 0 Å². The average molecular weight is 276 g/mol. The number of carboxylic acids is 1. The van der Waals surface area contributed by atoms with Crippen LogP contribution in [-0.4, -0.2) is 22.6 Å². The van der Waals surface area contributed by atoms with Crippen LogP contribution in [0.4, 0.5) is 5.13 Å². The van der Waals surface area contributed by atoms with Crippen molar-refractivity contribution in [3.63, 3.8) is 0 Å². The first-order valence-electron chi connectivity index (χ1n) is 6.20. The quantitative estimate of drug-likeness (QED) is 0.851. The fourth-order valence-corrected chi connectivity index (χ4v) is 2.62. The Hall–Kier alpha value is -1.88. The van der Waals surface area contributed by atoms with E-state index in [9.17, 15) is 4.79 Å². The Kier molecular flexibility index (Phi) is 4.52. The van der Waals surface area contributed by atoms with Gasteiger partial charge in [-0.15, -0.1) is 11.3 Å². The number of thiazole rings is 1. The molecule has 0 amide bonds. The highest BCUT2D eigenvalue weighted by molar-refractivity contribution is 7.13. The number of nitrogens with one attached hydrogen (secondary N) is 1. The highest BCUT2D eigenvalue weighted by atomic mass is 32.1. The molecule has 2 N–H and O–H groups in total. The van der Waals surface area contributed by atoms with E-state index in [0.717, 1.165) is 22.8 Å². The lowest BCUT2D eigenvalue weighted by atomic mass is 10.1. The van der Waals surface area contributed by atoms with Crippen molar-refractivity contribution in [2.24, 2.45) is 0 Å². The maximum Gasteiger partial charge on any atom is 0.335 e. The van der Waals surface area contributed by atoms with Gasteiger partial charge < -0.3 is 10.4 Å². The number of aromatic nitrogens is 1. The van der Waals surface area contributed by atoms with Gasteiger partial charge in [0.15, 0.2) is 5.13 Å². The predicted octanol–water partition coefficient (Wildman–Crippen LogP) is 3.06. The molecule has 2 rings (SSSR count). The molecule has 1 heterocycles. The molecule has 1 aromatic carbocycles. The molecule has 0 saturated carbocycles. The normalized spacial score (nSPS) is 10.4. The number of benzene rings is 1. The third-order valence-corrected chi connectivity index (χ3v) is 3.68. The Morgan fingerprint density at radius 3 is 2.89 bits per heavy atom. The van der Waals surface area contributed by atoms with E-state index in [2.05, 4.69) is 17.2 Å². The van der Waals surface area contributed by atoms with Gasteiger partial charge in [-0.05, 0) is 24.5 Å². The highest BCUT2D eigenvalue weighted by Gasteiger charge is 2.08. The van der Waals surface area contributed by atoms with Gasteiger partial charge >= 0.3 is 5.97 Å². The predicted molar refractivity (Wildman–Crippen MR) is 77.1 cm³/mol. The SMILES string of the molecule is CCc1csc(NCCc2ccccc2C(=O)O)n1. The Labute approximate surface area is 116 Å². The minimum atomic E-state index is -0.877. The number of rotatable bonds is 6. The summed E-state index contributed by atoms with van der Waals surface area (Å²) in [4.78, 5) is 15.5. The van der Waals surface area contributed by atoms with Crippen molar-refractivity contribution in [1.29, 1.82) is 0 Å². The molecular weight excluding hydrogens is 260 g/mol. The largest absolute Gasteiger partial charge is 0.478 e. The molecule has 0 aliphatic carbocycles. The van der Waals surface area contributed by atoms with E-state index in [1.54, 1.807) is 23.5 Å². The first-order chi connectivity index (χ1) is 9.20. The molecule has 0 unspecified atom stereocenters. The molecule has 0 spiro atoms. The summed E-state index contributed by atoms with van der Waals surface area (Å²) in [5, 5.41) is 15.2. The number of carboxylic acid groups (broad SMARTS) is 1. The van der Waals surface area contributed by atoms with E-state index >= 15 is 0 Å². The molecule has 100 valence electrons. The molecule has 0 atom stereocenters. The van der Waals surface area contributed by atoms with Gasteiger partial charge in [0.1, 0.15) is 0 Å². The van der Waals surface area contributed by atoms with Crippen LogP contribution in [0.2, 0.25) is 0 Å². The molecule has 0 fully saturated rings. The second kappa shape index (κ2) is 6.33. The van der Waals surface area contributed by atoms with E-state index < -0.39 is 5.97 Å². The van der Waals surface area contributed by atoms with Crippen LogP contribution in [0, 0.1) is 0 Å². The number of hydrogen-bond acceptors (Lipinski definition) is 4. The van der Waals surface area contributed by atoms with E-state index in [0.29, 0.717) is 18.5 Å². The number of hydrogen-bond donors (Lipinski definition) is 2. The summed E-state index contributed by atoms with van der Waals surface area (Å²) in [5.41, 5.74) is 2.30. The van der Waals surface area contributed by atoms with E-state index in [1.807, 2.05) is 17.5 Å². The minimum Gasteiger partial charge on any atom is -0.478 e. The Morgan fingerprint density at radius 2 is 2.21 bits per heavy atom. The van der Waals surface area contributed by atoms with Crippen molar-refractivity contribution in [1.82, 2.24) is 4.98 Å². The van der Waals surface area contributed by atoms with Gasteiger partial charge in [-0.1, -0.05) is 25.1 Å². The fourth-order valence-electron chi connectivity index (χ4n) is 1.80. The van der Waals surface area contributed by atoms with Crippen LogP contribution in [0.5, 0.6) is 0 Å². The zero-order chi connectivity index (χ0) is 13.7. The lowest BCUT2D eigenvalue weighted by molar-refractivity contribution is 0.0695. The summed E-state index contributed by atoms with van der Waals surface area (Å²) in [6.45, 7) is 2.75. The zero-order valence-corrected chi connectivity index (χ0v) is 11.5. The van der Waals surface area contributed by atoms with Gasteiger partial charge in [0, 0.05) is 11.9 Å². The number of nitrogens with zero attached hydrogens (tertiary/aromatic N) is 1. The lowest BCUT2D eigenvalue weighted by Crippen LogP contribution is -2.09. The van der Waals surface area contributed by atoms with Crippen molar-refractivity contribution >= 4 is 22.4 Å². The van der Waals surface area contributed by atoms with Crippen LogP contribution in [0.1, 0.15) is 28.5 Å². The maximum absolute atomic E-state index is 11.1. The summed E-state index contributed by atoms with van der Waals surface area (Å²) in [5.74, 6) is -0.877. The molecular formula is C14H16N2O2S. The number of anilines is 1. The van der Waals surface area contributed by atoms with Crippen LogP contribution >= 0.6 is 11.3 Å². The molecule has 0 aliphatic heterocycles. The van der Waals surface area contributed by atoms with Crippen molar-refractivity contribution in [3.8, 4) is 0 Å². The molecule has 1 aromatic heterocycles. The van der Waals surface area contributed by atoms with E-state index in [1.165, 1.54) is 0 Å². The van der Waals surface area contributed by atoms with Gasteiger partial charge in [-0.25, -0.2) is 9.78 Å². The second-order valence-corrected chi connectivity index (χ2v) is 4.99. The topological polar surface area (TPSA) is 62.2 Å². The summed E-state index contributed by atoms with van der Waals surface area (Å²) < 4.78 is 0. The lowest BCUT2D eigenvalue weighted by Gasteiger charge is -2.06. The second-order valence-electron chi connectivity index (χ2n) is 4.14. The number of aromatic carboxylic acids is 1. The standard InChI is InChI=1S/C14H16N2O2S/c1-2-11-9-19-14(16-11)15-8-7-10-5-3-4-6-12(10)13(17)18/h3-6,9H,2,7-8H2,1H3,(H,15,16)(H,17,18). The molecule has 0 aliphatic rings. The highest BCUT2D eigenvalue weighted by Crippen LogP contribution is 2.16. The smallest absolute Gasteiger partial charge is 0.335 e. The molecule has 4 nitrogen and oxygen atoms in total. The van der Waals surface area contributed by atoms with Gasteiger partial charge in [-0.3, -0.25) is 0 Å². The average Bonchev–Trinajstić information content (AvgIpc) is 2.87. The third-order valence-electron chi connectivity index (χ3n) is 2.83.